The fourth-order valence-electron chi connectivity index (χ4n) is 1.05. The molecule has 0 saturated heterocycles. The third-order valence-electron chi connectivity index (χ3n) is 2.52. The van der Waals surface area contributed by atoms with Crippen molar-refractivity contribution in [3.63, 3.8) is 0 Å². The van der Waals surface area contributed by atoms with E-state index in [0.29, 0.717) is 5.82 Å². The largest absolute Gasteiger partial charge is 0.394 e. The van der Waals surface area contributed by atoms with Gasteiger partial charge in [0.05, 0.1) is 24.5 Å². The Morgan fingerprint density at radius 2 is 2.13 bits per heavy atom. The molecule has 84 valence electrons. The van der Waals surface area contributed by atoms with E-state index in [0.717, 1.165) is 5.82 Å². The van der Waals surface area contributed by atoms with Crippen LogP contribution in [0.1, 0.15) is 13.8 Å². The number of likely N-dealkylation sites (N-methyl/N-ethyl adjacent to an activating group) is 1. The van der Waals surface area contributed by atoms with Gasteiger partial charge in [0.15, 0.2) is 0 Å². The Morgan fingerprint density at radius 3 is 2.67 bits per heavy atom. The number of nitrogens with zero attached hydrogens (tertiary/aromatic N) is 3. The molecule has 0 aromatic carbocycles. The average Bonchev–Trinajstić information content (AvgIpc) is 2.28. The highest BCUT2D eigenvalue weighted by molar-refractivity contribution is 5.44. The van der Waals surface area contributed by atoms with Crippen molar-refractivity contribution in [1.82, 2.24) is 9.97 Å². The monoisotopic (exact) mass is 210 g/mol. The Hall–Kier alpha value is -1.36. The van der Waals surface area contributed by atoms with Crippen molar-refractivity contribution in [2.75, 3.05) is 30.9 Å². The van der Waals surface area contributed by atoms with E-state index in [4.69, 9.17) is 0 Å². The summed E-state index contributed by atoms with van der Waals surface area (Å²) in [5.41, 5.74) is -0.346. The van der Waals surface area contributed by atoms with Gasteiger partial charge in [0, 0.05) is 14.1 Å². The van der Waals surface area contributed by atoms with Crippen LogP contribution in [0.2, 0.25) is 0 Å². The predicted molar refractivity (Wildman–Crippen MR) is 61.1 cm³/mol. The molecular formula is C10H18N4O. The van der Waals surface area contributed by atoms with Crippen molar-refractivity contribution in [2.45, 2.75) is 19.4 Å². The van der Waals surface area contributed by atoms with Gasteiger partial charge in [-0.15, -0.1) is 0 Å². The number of aromatic nitrogens is 2. The van der Waals surface area contributed by atoms with Crippen LogP contribution < -0.4 is 10.2 Å². The van der Waals surface area contributed by atoms with E-state index >= 15 is 0 Å². The topological polar surface area (TPSA) is 61.3 Å². The molecule has 1 aromatic rings. The van der Waals surface area contributed by atoms with Gasteiger partial charge in [-0.25, -0.2) is 4.98 Å². The number of hydrogen-bond acceptors (Lipinski definition) is 5. The maximum Gasteiger partial charge on any atom is 0.149 e. The van der Waals surface area contributed by atoms with Crippen LogP contribution in [0.3, 0.4) is 0 Å². The molecule has 0 saturated carbocycles. The molecule has 0 amide bonds. The Labute approximate surface area is 90.2 Å². The molecule has 0 unspecified atom stereocenters. The molecule has 1 aromatic heterocycles. The Kier molecular flexibility index (Phi) is 3.47. The first-order valence-corrected chi connectivity index (χ1v) is 4.86. The van der Waals surface area contributed by atoms with E-state index in [9.17, 15) is 5.11 Å². The maximum absolute atomic E-state index is 9.25. The first-order chi connectivity index (χ1) is 7.01. The summed E-state index contributed by atoms with van der Waals surface area (Å²) in [5.74, 6) is 1.45. The van der Waals surface area contributed by atoms with E-state index in [2.05, 4.69) is 15.3 Å². The molecule has 1 rings (SSSR count). The Bertz CT molecular complexity index is 327. The maximum atomic E-state index is 9.25. The van der Waals surface area contributed by atoms with Gasteiger partial charge in [-0.2, -0.15) is 0 Å². The lowest BCUT2D eigenvalue weighted by Gasteiger charge is -2.34. The summed E-state index contributed by atoms with van der Waals surface area (Å²) in [6.07, 6.45) is 3.33. The van der Waals surface area contributed by atoms with Gasteiger partial charge in [0.2, 0.25) is 0 Å². The Balaban J connectivity index is 2.95. The number of aliphatic hydroxyl groups excluding tert-OH is 1. The van der Waals surface area contributed by atoms with Crippen molar-refractivity contribution in [2.24, 2.45) is 0 Å². The molecule has 15 heavy (non-hydrogen) atoms. The first-order valence-electron chi connectivity index (χ1n) is 4.86. The Morgan fingerprint density at radius 1 is 1.47 bits per heavy atom. The summed E-state index contributed by atoms with van der Waals surface area (Å²) in [4.78, 5) is 10.3. The average molecular weight is 210 g/mol. The molecule has 0 bridgehead atoms. The predicted octanol–water partition coefficient (Wildman–Crippen LogP) is 0.725. The standard InChI is InChI=1S/C10H18N4O/c1-10(2,7-15)14(4)9-6-12-5-8(11-3)13-9/h5-6,15H,7H2,1-4H3,(H,11,13). The van der Waals surface area contributed by atoms with Crippen molar-refractivity contribution in [3.8, 4) is 0 Å². The van der Waals surface area contributed by atoms with Crippen molar-refractivity contribution < 1.29 is 5.11 Å². The lowest BCUT2D eigenvalue weighted by Crippen LogP contribution is -2.44. The number of rotatable bonds is 4. The van der Waals surface area contributed by atoms with Gasteiger partial charge in [-0.3, -0.25) is 4.98 Å². The van der Waals surface area contributed by atoms with Crippen molar-refractivity contribution in [3.05, 3.63) is 12.4 Å². The summed E-state index contributed by atoms with van der Waals surface area (Å²) in [6, 6.07) is 0. The minimum Gasteiger partial charge on any atom is -0.394 e. The quantitative estimate of drug-likeness (QED) is 0.767. The van der Waals surface area contributed by atoms with E-state index in [1.165, 1.54) is 0 Å². The molecule has 0 spiro atoms. The molecule has 0 fully saturated rings. The van der Waals surface area contributed by atoms with E-state index in [1.54, 1.807) is 19.4 Å². The second-order valence-corrected chi connectivity index (χ2v) is 4.04. The summed E-state index contributed by atoms with van der Waals surface area (Å²) in [6.45, 7) is 3.95. The minimum atomic E-state index is -0.346. The van der Waals surface area contributed by atoms with Gasteiger partial charge in [0.1, 0.15) is 11.6 Å². The van der Waals surface area contributed by atoms with Crippen LogP contribution in [-0.4, -0.2) is 41.3 Å². The summed E-state index contributed by atoms with van der Waals surface area (Å²) in [5, 5.41) is 12.2. The van der Waals surface area contributed by atoms with Gasteiger partial charge in [-0.05, 0) is 13.8 Å². The summed E-state index contributed by atoms with van der Waals surface area (Å²) >= 11 is 0. The molecular weight excluding hydrogens is 192 g/mol. The highest BCUT2D eigenvalue weighted by atomic mass is 16.3. The van der Waals surface area contributed by atoms with Crippen LogP contribution in [0.25, 0.3) is 0 Å². The molecule has 0 radical (unpaired) electrons. The molecule has 0 aliphatic heterocycles. The van der Waals surface area contributed by atoms with Gasteiger partial charge >= 0.3 is 0 Å². The number of anilines is 2. The molecule has 5 heteroatoms. The van der Waals surface area contributed by atoms with Crippen LogP contribution >= 0.6 is 0 Å². The zero-order valence-corrected chi connectivity index (χ0v) is 9.65. The second kappa shape index (κ2) is 4.44. The SMILES string of the molecule is CNc1cncc(N(C)C(C)(C)CO)n1. The second-order valence-electron chi connectivity index (χ2n) is 4.04. The summed E-state index contributed by atoms with van der Waals surface area (Å²) < 4.78 is 0. The zero-order chi connectivity index (χ0) is 11.5. The van der Waals surface area contributed by atoms with Crippen LogP contribution in [0.4, 0.5) is 11.6 Å². The summed E-state index contributed by atoms with van der Waals surface area (Å²) in [7, 11) is 3.69. The normalized spacial score (nSPS) is 11.3. The van der Waals surface area contributed by atoms with Gasteiger partial charge < -0.3 is 15.3 Å². The molecule has 0 aliphatic rings. The van der Waals surface area contributed by atoms with Crippen molar-refractivity contribution in [1.29, 1.82) is 0 Å². The highest BCUT2D eigenvalue weighted by Crippen LogP contribution is 2.19. The van der Waals surface area contributed by atoms with Crippen LogP contribution in [0.15, 0.2) is 12.4 Å². The fraction of sp³-hybridized carbons (Fsp3) is 0.600. The first kappa shape index (κ1) is 11.7. The number of hydrogen-bond donors (Lipinski definition) is 2. The minimum absolute atomic E-state index is 0.0644. The molecule has 5 nitrogen and oxygen atoms in total. The van der Waals surface area contributed by atoms with E-state index in [-0.39, 0.29) is 12.1 Å². The van der Waals surface area contributed by atoms with E-state index in [1.807, 2.05) is 25.8 Å². The third-order valence-corrected chi connectivity index (χ3v) is 2.52. The fourth-order valence-corrected chi connectivity index (χ4v) is 1.05. The molecule has 0 aliphatic carbocycles. The van der Waals surface area contributed by atoms with Gasteiger partial charge in [0.25, 0.3) is 0 Å². The van der Waals surface area contributed by atoms with Crippen LogP contribution in [0, 0.1) is 0 Å². The smallest absolute Gasteiger partial charge is 0.149 e. The highest BCUT2D eigenvalue weighted by Gasteiger charge is 2.23. The molecule has 1 heterocycles. The third kappa shape index (κ3) is 2.56. The molecule has 0 atom stereocenters. The molecule has 2 N–H and O–H groups in total. The van der Waals surface area contributed by atoms with Crippen LogP contribution in [0.5, 0.6) is 0 Å². The number of aliphatic hydroxyl groups is 1. The van der Waals surface area contributed by atoms with E-state index < -0.39 is 0 Å². The lowest BCUT2D eigenvalue weighted by molar-refractivity contribution is 0.215. The number of nitrogens with one attached hydrogen (secondary N) is 1. The lowest BCUT2D eigenvalue weighted by atomic mass is 10.1. The van der Waals surface area contributed by atoms with Crippen molar-refractivity contribution >= 4 is 11.6 Å². The van der Waals surface area contributed by atoms with Crippen LogP contribution in [-0.2, 0) is 0 Å². The van der Waals surface area contributed by atoms with Gasteiger partial charge in [-0.1, -0.05) is 0 Å². The zero-order valence-electron chi connectivity index (χ0n) is 9.65.